The van der Waals surface area contributed by atoms with Gasteiger partial charge in [0.1, 0.15) is 0 Å². The Balaban J connectivity index is 1.63. The Kier molecular flexibility index (Phi) is 4.73. The van der Waals surface area contributed by atoms with Gasteiger partial charge in [-0.05, 0) is 24.0 Å². The van der Waals surface area contributed by atoms with Crippen LogP contribution in [0.5, 0.6) is 0 Å². The van der Waals surface area contributed by atoms with E-state index in [0.29, 0.717) is 19.0 Å². The molecule has 4 heteroatoms. The van der Waals surface area contributed by atoms with Gasteiger partial charge in [-0.25, -0.2) is 0 Å². The summed E-state index contributed by atoms with van der Waals surface area (Å²) in [5.41, 5.74) is 2.05. The van der Waals surface area contributed by atoms with Gasteiger partial charge in [0.15, 0.2) is 0 Å². The Labute approximate surface area is 107 Å². The molecule has 0 aliphatic heterocycles. The minimum atomic E-state index is 0.0671. The normalized spacial score (nSPS) is 14.5. The van der Waals surface area contributed by atoms with Crippen LogP contribution in [0.3, 0.4) is 0 Å². The van der Waals surface area contributed by atoms with E-state index in [1.165, 1.54) is 0 Å². The molecule has 0 aromatic heterocycles. The third kappa shape index (κ3) is 4.47. The highest BCUT2D eigenvalue weighted by molar-refractivity contribution is 5.76. The van der Waals surface area contributed by atoms with Crippen LogP contribution in [0, 0.1) is 0 Å². The molecular formula is C14H20N2O2. The van der Waals surface area contributed by atoms with Crippen LogP contribution in [0.2, 0.25) is 0 Å². The van der Waals surface area contributed by atoms with Gasteiger partial charge < -0.3 is 15.7 Å². The van der Waals surface area contributed by atoms with Gasteiger partial charge in [-0.3, -0.25) is 4.79 Å². The van der Waals surface area contributed by atoms with Crippen LogP contribution in [-0.4, -0.2) is 23.6 Å². The molecule has 1 aliphatic carbocycles. The van der Waals surface area contributed by atoms with Gasteiger partial charge in [-0.1, -0.05) is 24.3 Å². The second-order valence-corrected chi connectivity index (χ2v) is 4.75. The van der Waals surface area contributed by atoms with Crippen molar-refractivity contribution in [1.29, 1.82) is 0 Å². The van der Waals surface area contributed by atoms with Crippen LogP contribution in [0.4, 0.5) is 0 Å². The van der Waals surface area contributed by atoms with Gasteiger partial charge >= 0.3 is 0 Å². The second kappa shape index (κ2) is 6.52. The monoisotopic (exact) mass is 248 g/mol. The molecule has 0 spiro atoms. The van der Waals surface area contributed by atoms with E-state index in [4.69, 9.17) is 5.11 Å². The maximum absolute atomic E-state index is 11.4. The van der Waals surface area contributed by atoms with Gasteiger partial charge in [-0.15, -0.1) is 0 Å². The van der Waals surface area contributed by atoms with Crippen molar-refractivity contribution in [2.45, 2.75) is 38.5 Å². The van der Waals surface area contributed by atoms with E-state index < -0.39 is 0 Å². The summed E-state index contributed by atoms with van der Waals surface area (Å²) < 4.78 is 0. The first-order valence-electron chi connectivity index (χ1n) is 6.46. The fraction of sp³-hybridized carbons (Fsp3) is 0.500. The van der Waals surface area contributed by atoms with E-state index in [0.717, 1.165) is 30.5 Å². The molecule has 0 radical (unpaired) electrons. The zero-order chi connectivity index (χ0) is 12.8. The Morgan fingerprint density at radius 3 is 2.83 bits per heavy atom. The first-order valence-corrected chi connectivity index (χ1v) is 6.46. The van der Waals surface area contributed by atoms with Crippen LogP contribution in [0.25, 0.3) is 0 Å². The van der Waals surface area contributed by atoms with E-state index in [9.17, 15) is 4.79 Å². The number of carbonyl (C=O) groups is 1. The minimum Gasteiger partial charge on any atom is -0.392 e. The first kappa shape index (κ1) is 13.1. The molecule has 2 rings (SSSR count). The lowest BCUT2D eigenvalue weighted by atomic mass is 10.1. The highest BCUT2D eigenvalue weighted by atomic mass is 16.3. The average molecular weight is 248 g/mol. The van der Waals surface area contributed by atoms with Crippen molar-refractivity contribution in [2.24, 2.45) is 0 Å². The fourth-order valence-corrected chi connectivity index (χ4v) is 1.80. The van der Waals surface area contributed by atoms with Crippen molar-refractivity contribution in [3.05, 3.63) is 35.4 Å². The molecule has 1 aliphatic rings. The summed E-state index contributed by atoms with van der Waals surface area (Å²) in [5.74, 6) is 0.133. The SMILES string of the molecule is O=C(CCNCc1cccc(CO)c1)NC1CC1. The molecular weight excluding hydrogens is 228 g/mol. The van der Waals surface area contributed by atoms with E-state index in [-0.39, 0.29) is 12.5 Å². The Bertz CT molecular complexity index is 403. The van der Waals surface area contributed by atoms with Crippen molar-refractivity contribution < 1.29 is 9.90 Å². The van der Waals surface area contributed by atoms with Crippen LogP contribution in [0.15, 0.2) is 24.3 Å². The van der Waals surface area contributed by atoms with Crippen molar-refractivity contribution in [2.75, 3.05) is 6.54 Å². The molecule has 1 amide bonds. The number of carbonyl (C=O) groups excluding carboxylic acids is 1. The summed E-state index contributed by atoms with van der Waals surface area (Å²) in [5, 5.41) is 15.2. The van der Waals surface area contributed by atoms with Crippen molar-refractivity contribution in [1.82, 2.24) is 10.6 Å². The maximum Gasteiger partial charge on any atom is 0.221 e. The molecule has 0 saturated heterocycles. The highest BCUT2D eigenvalue weighted by Crippen LogP contribution is 2.18. The maximum atomic E-state index is 11.4. The molecule has 3 N–H and O–H groups in total. The van der Waals surface area contributed by atoms with E-state index in [2.05, 4.69) is 10.6 Å². The van der Waals surface area contributed by atoms with Crippen molar-refractivity contribution >= 4 is 5.91 Å². The highest BCUT2D eigenvalue weighted by Gasteiger charge is 2.22. The van der Waals surface area contributed by atoms with Crippen LogP contribution in [0.1, 0.15) is 30.4 Å². The van der Waals surface area contributed by atoms with Crippen molar-refractivity contribution in [3.63, 3.8) is 0 Å². The zero-order valence-corrected chi connectivity index (χ0v) is 10.5. The summed E-state index contributed by atoms with van der Waals surface area (Å²) in [6.07, 6.45) is 2.79. The number of benzene rings is 1. The number of nitrogens with one attached hydrogen (secondary N) is 2. The number of rotatable bonds is 7. The predicted molar refractivity (Wildman–Crippen MR) is 69.9 cm³/mol. The Morgan fingerprint density at radius 2 is 2.11 bits per heavy atom. The fourth-order valence-electron chi connectivity index (χ4n) is 1.80. The molecule has 18 heavy (non-hydrogen) atoms. The standard InChI is InChI=1S/C14H20N2O2/c17-10-12-3-1-2-11(8-12)9-15-7-6-14(18)16-13-4-5-13/h1-3,8,13,15,17H,4-7,9-10H2,(H,16,18). The summed E-state index contributed by atoms with van der Waals surface area (Å²) in [4.78, 5) is 11.4. The molecule has 4 nitrogen and oxygen atoms in total. The molecule has 1 aromatic carbocycles. The smallest absolute Gasteiger partial charge is 0.221 e. The lowest BCUT2D eigenvalue weighted by molar-refractivity contribution is -0.121. The van der Waals surface area contributed by atoms with Gasteiger partial charge in [0.2, 0.25) is 5.91 Å². The quantitative estimate of drug-likeness (QED) is 0.629. The second-order valence-electron chi connectivity index (χ2n) is 4.75. The minimum absolute atomic E-state index is 0.0671. The number of amides is 1. The first-order chi connectivity index (χ1) is 8.78. The van der Waals surface area contributed by atoms with E-state index in [1.807, 2.05) is 24.3 Å². The van der Waals surface area contributed by atoms with Gasteiger partial charge in [-0.2, -0.15) is 0 Å². The largest absolute Gasteiger partial charge is 0.392 e. The Morgan fingerprint density at radius 1 is 1.33 bits per heavy atom. The molecule has 98 valence electrons. The van der Waals surface area contributed by atoms with Gasteiger partial charge in [0.05, 0.1) is 6.61 Å². The summed E-state index contributed by atoms with van der Waals surface area (Å²) in [6, 6.07) is 8.25. The average Bonchev–Trinajstić information content (AvgIpc) is 3.19. The van der Waals surface area contributed by atoms with Gasteiger partial charge in [0, 0.05) is 25.6 Å². The lowest BCUT2D eigenvalue weighted by Crippen LogP contribution is -2.29. The van der Waals surface area contributed by atoms with Crippen molar-refractivity contribution in [3.8, 4) is 0 Å². The molecule has 0 bridgehead atoms. The molecule has 0 unspecified atom stereocenters. The molecule has 0 heterocycles. The third-order valence-electron chi connectivity index (χ3n) is 2.97. The lowest BCUT2D eigenvalue weighted by Gasteiger charge is -2.06. The van der Waals surface area contributed by atoms with Crippen LogP contribution < -0.4 is 10.6 Å². The topological polar surface area (TPSA) is 61.4 Å². The molecule has 1 aromatic rings. The number of aliphatic hydroxyl groups excluding tert-OH is 1. The van der Waals surface area contributed by atoms with Gasteiger partial charge in [0.25, 0.3) is 0 Å². The van der Waals surface area contributed by atoms with E-state index in [1.54, 1.807) is 0 Å². The predicted octanol–water partition coefficient (Wildman–Crippen LogP) is 0.937. The van der Waals surface area contributed by atoms with Crippen LogP contribution in [-0.2, 0) is 17.9 Å². The Hall–Kier alpha value is -1.39. The number of hydrogen-bond donors (Lipinski definition) is 3. The molecule has 0 atom stereocenters. The number of hydrogen-bond acceptors (Lipinski definition) is 3. The summed E-state index contributed by atoms with van der Waals surface area (Å²) in [6.45, 7) is 1.48. The zero-order valence-electron chi connectivity index (χ0n) is 10.5. The number of aliphatic hydroxyl groups is 1. The summed E-state index contributed by atoms with van der Waals surface area (Å²) in [7, 11) is 0. The molecule has 1 saturated carbocycles. The van der Waals surface area contributed by atoms with E-state index >= 15 is 0 Å². The molecule has 1 fully saturated rings. The van der Waals surface area contributed by atoms with Crippen LogP contribution >= 0.6 is 0 Å². The third-order valence-corrected chi connectivity index (χ3v) is 2.97. The summed E-state index contributed by atoms with van der Waals surface area (Å²) >= 11 is 0.